The van der Waals surface area contributed by atoms with Crippen LogP contribution < -0.4 is 16.1 Å². The van der Waals surface area contributed by atoms with E-state index in [4.69, 9.17) is 24.4 Å². The maximum absolute atomic E-state index is 12.0. The van der Waals surface area contributed by atoms with Crippen molar-refractivity contribution in [1.29, 1.82) is 0 Å². The number of aromatic hydroxyl groups is 1. The molecule has 0 unspecified atom stereocenters. The van der Waals surface area contributed by atoms with E-state index in [9.17, 15) is 24.9 Å². The van der Waals surface area contributed by atoms with Gasteiger partial charge in [0.2, 0.25) is 6.29 Å². The number of amides is 1. The zero-order valence-electron chi connectivity index (χ0n) is 16.3. The van der Waals surface area contributed by atoms with E-state index in [2.05, 4.69) is 0 Å². The monoisotopic (exact) mass is 409 g/mol. The van der Waals surface area contributed by atoms with Gasteiger partial charge in [-0.05, 0) is 32.9 Å². The van der Waals surface area contributed by atoms with Crippen LogP contribution >= 0.6 is 0 Å². The molecular formula is C19H23NO9. The fraction of sp³-hybridized carbons (Fsp3) is 0.474. The smallest absolute Gasteiger partial charge is 0.353 e. The summed E-state index contributed by atoms with van der Waals surface area (Å²) in [5.74, 6) is -1.53. The van der Waals surface area contributed by atoms with E-state index in [1.165, 1.54) is 19.2 Å². The Hall–Kier alpha value is -2.66. The van der Waals surface area contributed by atoms with Gasteiger partial charge in [0, 0.05) is 12.7 Å². The van der Waals surface area contributed by atoms with Gasteiger partial charge in [0.25, 0.3) is 5.91 Å². The first-order valence-electron chi connectivity index (χ1n) is 8.82. The van der Waals surface area contributed by atoms with E-state index in [0.717, 1.165) is 0 Å². The van der Waals surface area contributed by atoms with Crippen LogP contribution in [-0.4, -0.2) is 58.5 Å². The zero-order chi connectivity index (χ0) is 21.7. The Kier molecular flexibility index (Phi) is 5.30. The van der Waals surface area contributed by atoms with Crippen LogP contribution in [0.25, 0.3) is 11.0 Å². The summed E-state index contributed by atoms with van der Waals surface area (Å²) in [5, 5.41) is 31.0. The van der Waals surface area contributed by atoms with E-state index in [-0.39, 0.29) is 16.7 Å². The molecule has 4 atom stereocenters. The average molecular weight is 409 g/mol. The summed E-state index contributed by atoms with van der Waals surface area (Å²) >= 11 is 0. The Morgan fingerprint density at radius 2 is 1.90 bits per heavy atom. The molecule has 1 aliphatic heterocycles. The Morgan fingerprint density at radius 1 is 1.24 bits per heavy atom. The predicted octanol–water partition coefficient (Wildman–Crippen LogP) is 0.156. The summed E-state index contributed by atoms with van der Waals surface area (Å²) in [6.07, 6.45) is -4.71. The number of primary amides is 1. The van der Waals surface area contributed by atoms with Crippen LogP contribution in [0.4, 0.5) is 0 Å². The number of nitrogens with two attached hydrogens (primary N) is 1. The summed E-state index contributed by atoms with van der Waals surface area (Å²) in [4.78, 5) is 23.4. The van der Waals surface area contributed by atoms with Crippen molar-refractivity contribution in [2.24, 2.45) is 5.73 Å². The highest BCUT2D eigenvalue weighted by atomic mass is 16.7. The van der Waals surface area contributed by atoms with Crippen molar-refractivity contribution in [3.63, 3.8) is 0 Å². The van der Waals surface area contributed by atoms with E-state index >= 15 is 0 Å². The van der Waals surface area contributed by atoms with Gasteiger partial charge in [-0.2, -0.15) is 0 Å². The van der Waals surface area contributed by atoms with E-state index < -0.39 is 53.0 Å². The van der Waals surface area contributed by atoms with Crippen LogP contribution in [0.15, 0.2) is 21.3 Å². The molecule has 1 aromatic carbocycles. The van der Waals surface area contributed by atoms with Gasteiger partial charge >= 0.3 is 5.63 Å². The molecule has 3 rings (SSSR count). The van der Waals surface area contributed by atoms with Gasteiger partial charge in [0.05, 0.1) is 11.0 Å². The summed E-state index contributed by atoms with van der Waals surface area (Å²) in [6, 6.07) is 2.82. The highest BCUT2D eigenvalue weighted by Crippen LogP contribution is 2.36. The number of aliphatic hydroxyl groups is 2. The van der Waals surface area contributed by atoms with Crippen molar-refractivity contribution < 1.29 is 38.7 Å². The molecule has 1 fully saturated rings. The van der Waals surface area contributed by atoms with E-state index in [0.29, 0.717) is 5.56 Å². The van der Waals surface area contributed by atoms with Crippen LogP contribution in [0.3, 0.4) is 0 Å². The second kappa shape index (κ2) is 7.30. The zero-order valence-corrected chi connectivity index (χ0v) is 16.3. The first-order valence-corrected chi connectivity index (χ1v) is 8.82. The number of fused-ring (bicyclic) bond motifs is 1. The minimum Gasteiger partial charge on any atom is -0.506 e. The van der Waals surface area contributed by atoms with Crippen LogP contribution in [0.5, 0.6) is 11.5 Å². The lowest BCUT2D eigenvalue weighted by Gasteiger charge is -2.46. The first kappa shape index (κ1) is 21.1. The van der Waals surface area contributed by atoms with Gasteiger partial charge in [-0.1, -0.05) is 0 Å². The number of benzene rings is 1. The molecule has 158 valence electrons. The SMILES string of the molecule is CO[C@@H]1[C@H](O)[C@@H](O)[C@H](Oc2ccc3c(O)c(C(N)=O)c(=O)oc3c2C)OC1(C)C. The van der Waals surface area contributed by atoms with Crippen molar-refractivity contribution in [3.8, 4) is 11.5 Å². The Balaban J connectivity index is 2.01. The standard InChI is InChI=1S/C19H23NO9/c1-7-9(27-18-13(23)12(22)15(26-4)19(2,3)29-18)6-5-8-11(21)10(16(20)24)17(25)28-14(7)8/h5-6,12-13,15,18,21-23H,1-4H3,(H2,20,24)/t12-,13-,15-,18-/m1/s1. The van der Waals surface area contributed by atoms with Gasteiger partial charge < -0.3 is 39.7 Å². The molecule has 10 heteroatoms. The van der Waals surface area contributed by atoms with Crippen molar-refractivity contribution >= 4 is 16.9 Å². The summed E-state index contributed by atoms with van der Waals surface area (Å²) in [5.41, 5.74) is 2.70. The molecule has 0 bridgehead atoms. The fourth-order valence-electron chi connectivity index (χ4n) is 3.54. The fourth-order valence-corrected chi connectivity index (χ4v) is 3.54. The number of rotatable bonds is 4. The second-order valence-corrected chi connectivity index (χ2v) is 7.39. The lowest BCUT2D eigenvalue weighted by molar-refractivity contribution is -0.306. The molecule has 2 aromatic rings. The largest absolute Gasteiger partial charge is 0.506 e. The molecule has 2 heterocycles. The van der Waals surface area contributed by atoms with Crippen LogP contribution in [0, 0.1) is 6.92 Å². The highest BCUT2D eigenvalue weighted by molar-refractivity contribution is 6.01. The summed E-state index contributed by atoms with van der Waals surface area (Å²) in [6.45, 7) is 4.92. The molecule has 0 aliphatic carbocycles. The molecule has 10 nitrogen and oxygen atoms in total. The first-order chi connectivity index (χ1) is 13.5. The molecule has 29 heavy (non-hydrogen) atoms. The maximum Gasteiger partial charge on any atom is 0.353 e. The van der Waals surface area contributed by atoms with Crippen LogP contribution in [0.2, 0.25) is 0 Å². The van der Waals surface area contributed by atoms with Gasteiger partial charge in [-0.25, -0.2) is 4.79 Å². The van der Waals surface area contributed by atoms with Gasteiger partial charge in [-0.3, -0.25) is 4.79 Å². The van der Waals surface area contributed by atoms with Crippen molar-refractivity contribution in [2.45, 2.75) is 51.0 Å². The third-order valence-corrected chi connectivity index (χ3v) is 5.03. The molecule has 1 saturated heterocycles. The normalized spacial score (nSPS) is 26.4. The van der Waals surface area contributed by atoms with E-state index in [1.54, 1.807) is 20.8 Å². The lowest BCUT2D eigenvalue weighted by Crippen LogP contribution is -2.63. The van der Waals surface area contributed by atoms with Crippen LogP contribution in [-0.2, 0) is 9.47 Å². The number of aryl methyl sites for hydroxylation is 1. The highest BCUT2D eigenvalue weighted by Gasteiger charge is 2.50. The quantitative estimate of drug-likeness (QED) is 0.515. The third-order valence-electron chi connectivity index (χ3n) is 5.03. The molecule has 1 amide bonds. The van der Waals surface area contributed by atoms with Crippen molar-refractivity contribution in [1.82, 2.24) is 0 Å². The Bertz CT molecular complexity index is 1010. The number of hydrogen-bond donors (Lipinski definition) is 4. The second-order valence-electron chi connectivity index (χ2n) is 7.39. The average Bonchev–Trinajstić information content (AvgIpc) is 2.62. The van der Waals surface area contributed by atoms with Gasteiger partial charge in [-0.15, -0.1) is 0 Å². The summed E-state index contributed by atoms with van der Waals surface area (Å²) < 4.78 is 21.9. The molecule has 0 radical (unpaired) electrons. The van der Waals surface area contributed by atoms with Gasteiger partial charge in [0.1, 0.15) is 35.4 Å². The molecule has 0 saturated carbocycles. The number of aliphatic hydroxyl groups excluding tert-OH is 2. The van der Waals surface area contributed by atoms with Crippen LogP contribution in [0.1, 0.15) is 29.8 Å². The topological polar surface area (TPSA) is 162 Å². The number of ether oxygens (including phenoxy) is 3. The Morgan fingerprint density at radius 3 is 2.48 bits per heavy atom. The number of hydrogen-bond acceptors (Lipinski definition) is 9. The maximum atomic E-state index is 12.0. The number of carbonyl (C=O) groups excluding carboxylic acids is 1. The molecule has 1 aromatic heterocycles. The molecule has 0 spiro atoms. The minimum atomic E-state index is -1.42. The summed E-state index contributed by atoms with van der Waals surface area (Å²) in [7, 11) is 1.40. The van der Waals surface area contributed by atoms with E-state index in [1.807, 2.05) is 0 Å². The number of methoxy groups -OCH3 is 1. The molecule has 1 aliphatic rings. The molecular weight excluding hydrogens is 386 g/mol. The van der Waals surface area contributed by atoms with Crippen molar-refractivity contribution in [2.75, 3.05) is 7.11 Å². The third kappa shape index (κ3) is 3.44. The van der Waals surface area contributed by atoms with Gasteiger partial charge in [0.15, 0.2) is 5.56 Å². The predicted molar refractivity (Wildman–Crippen MR) is 99.8 cm³/mol. The minimum absolute atomic E-state index is 0.0186. The van der Waals surface area contributed by atoms with Crippen molar-refractivity contribution in [3.05, 3.63) is 33.7 Å². The number of carbonyl (C=O) groups is 1. The molecule has 5 N–H and O–H groups in total. The Labute approximate surface area is 165 Å². The lowest BCUT2D eigenvalue weighted by atomic mass is 9.89.